The van der Waals surface area contributed by atoms with Gasteiger partial charge in [-0.2, -0.15) is 14.9 Å². The van der Waals surface area contributed by atoms with Gasteiger partial charge in [0.25, 0.3) is 0 Å². The van der Waals surface area contributed by atoms with Crippen molar-refractivity contribution in [1.82, 2.24) is 0 Å². The van der Waals surface area contributed by atoms with Crippen LogP contribution in [0.2, 0.25) is 0 Å². The van der Waals surface area contributed by atoms with Crippen LogP contribution in [0.1, 0.15) is 22.2 Å². The standard InChI is InChI=1S/C8H9NS.CO2/c1-3-8-4-7(5-9)6(2)10-8;2-1-3/h4H,3H2,1-2H3;. The second kappa shape index (κ2) is 6.13. The highest BCUT2D eigenvalue weighted by atomic mass is 32.1. The van der Waals surface area contributed by atoms with E-state index in [-0.39, 0.29) is 6.15 Å². The molecule has 0 amide bonds. The molecule has 1 rings (SSSR count). The molecular formula is C9H9NO2S. The normalized spacial score (nSPS) is 7.77. The first-order chi connectivity index (χ1) is 6.19. The molecule has 0 saturated carbocycles. The van der Waals surface area contributed by atoms with Crippen molar-refractivity contribution in [2.75, 3.05) is 0 Å². The van der Waals surface area contributed by atoms with E-state index < -0.39 is 0 Å². The number of carbonyl (C=O) groups excluding carboxylic acids is 2. The lowest BCUT2D eigenvalue weighted by atomic mass is 10.2. The summed E-state index contributed by atoms with van der Waals surface area (Å²) < 4.78 is 0. The SMILES string of the molecule is CCc1cc(C#N)c(C)s1.O=C=O. The van der Waals surface area contributed by atoms with Gasteiger partial charge in [0.1, 0.15) is 6.07 Å². The minimum Gasteiger partial charge on any atom is -0.192 e. The highest BCUT2D eigenvalue weighted by Crippen LogP contribution is 2.20. The monoisotopic (exact) mass is 195 g/mol. The third-order valence-corrected chi connectivity index (χ3v) is 2.63. The molecule has 4 heteroatoms. The van der Waals surface area contributed by atoms with Crippen molar-refractivity contribution >= 4 is 17.5 Å². The maximum absolute atomic E-state index is 8.58. The van der Waals surface area contributed by atoms with Gasteiger partial charge in [0.05, 0.1) is 5.56 Å². The fourth-order valence-electron chi connectivity index (χ4n) is 0.829. The molecule has 0 unspecified atom stereocenters. The smallest absolute Gasteiger partial charge is 0.192 e. The van der Waals surface area contributed by atoms with E-state index in [4.69, 9.17) is 14.9 Å². The largest absolute Gasteiger partial charge is 0.373 e. The van der Waals surface area contributed by atoms with Gasteiger partial charge in [0, 0.05) is 9.75 Å². The molecular weight excluding hydrogens is 186 g/mol. The minimum atomic E-state index is 0.250. The zero-order valence-corrected chi connectivity index (χ0v) is 8.27. The second-order valence-electron chi connectivity index (χ2n) is 2.23. The highest BCUT2D eigenvalue weighted by Gasteiger charge is 2.01. The average molecular weight is 195 g/mol. The van der Waals surface area contributed by atoms with Gasteiger partial charge in [0.2, 0.25) is 0 Å². The quantitative estimate of drug-likeness (QED) is 0.687. The van der Waals surface area contributed by atoms with Crippen LogP contribution in [0.5, 0.6) is 0 Å². The van der Waals surface area contributed by atoms with E-state index in [2.05, 4.69) is 13.0 Å². The van der Waals surface area contributed by atoms with Crippen molar-refractivity contribution in [1.29, 1.82) is 5.26 Å². The minimum absolute atomic E-state index is 0.250. The van der Waals surface area contributed by atoms with Gasteiger partial charge in [-0.25, -0.2) is 0 Å². The highest BCUT2D eigenvalue weighted by molar-refractivity contribution is 7.12. The van der Waals surface area contributed by atoms with Crippen LogP contribution in [0.25, 0.3) is 0 Å². The van der Waals surface area contributed by atoms with E-state index in [0.29, 0.717) is 0 Å². The van der Waals surface area contributed by atoms with Gasteiger partial charge < -0.3 is 0 Å². The molecule has 0 fully saturated rings. The Hall–Kier alpha value is -1.43. The summed E-state index contributed by atoms with van der Waals surface area (Å²) >= 11 is 1.72. The summed E-state index contributed by atoms with van der Waals surface area (Å²) in [7, 11) is 0. The van der Waals surface area contributed by atoms with Crippen LogP contribution in [-0.4, -0.2) is 6.15 Å². The Morgan fingerprint density at radius 3 is 2.31 bits per heavy atom. The Kier molecular flexibility index (Phi) is 5.45. The average Bonchev–Trinajstić information content (AvgIpc) is 2.47. The Bertz CT molecular complexity index is 343. The lowest BCUT2D eigenvalue weighted by Crippen LogP contribution is -1.68. The molecule has 1 aromatic rings. The molecule has 0 atom stereocenters. The summed E-state index contributed by atoms with van der Waals surface area (Å²) in [5, 5.41) is 8.58. The maximum atomic E-state index is 8.58. The first-order valence-corrected chi connectivity index (χ1v) is 4.49. The third kappa shape index (κ3) is 3.66. The van der Waals surface area contributed by atoms with Gasteiger partial charge in [-0.15, -0.1) is 11.3 Å². The number of nitriles is 1. The van der Waals surface area contributed by atoms with Crippen molar-refractivity contribution in [2.24, 2.45) is 0 Å². The molecule has 1 aromatic heterocycles. The summed E-state index contributed by atoms with van der Waals surface area (Å²) in [6.07, 6.45) is 1.28. The molecule has 0 N–H and O–H groups in total. The van der Waals surface area contributed by atoms with E-state index in [1.165, 1.54) is 4.88 Å². The zero-order valence-electron chi connectivity index (χ0n) is 7.46. The van der Waals surface area contributed by atoms with Crippen LogP contribution >= 0.6 is 11.3 Å². The van der Waals surface area contributed by atoms with E-state index in [1.54, 1.807) is 11.3 Å². The van der Waals surface area contributed by atoms with Crippen molar-refractivity contribution in [3.8, 4) is 6.07 Å². The van der Waals surface area contributed by atoms with Gasteiger partial charge in [-0.3, -0.25) is 0 Å². The lowest BCUT2D eigenvalue weighted by molar-refractivity contribution is -0.191. The Morgan fingerprint density at radius 2 is 2.08 bits per heavy atom. The molecule has 0 bridgehead atoms. The van der Waals surface area contributed by atoms with Gasteiger partial charge in [-0.05, 0) is 19.4 Å². The number of aryl methyl sites for hydroxylation is 2. The first kappa shape index (κ1) is 11.6. The van der Waals surface area contributed by atoms with Crippen LogP contribution in [-0.2, 0) is 16.0 Å². The first-order valence-electron chi connectivity index (χ1n) is 3.68. The Labute approximate surface area is 80.6 Å². The fraction of sp³-hybridized carbons (Fsp3) is 0.333. The van der Waals surface area contributed by atoms with Crippen LogP contribution in [0, 0.1) is 18.3 Å². The molecule has 0 spiro atoms. The Morgan fingerprint density at radius 1 is 1.54 bits per heavy atom. The number of hydrogen-bond donors (Lipinski definition) is 0. The topological polar surface area (TPSA) is 57.9 Å². The van der Waals surface area contributed by atoms with Crippen LogP contribution in [0.4, 0.5) is 0 Å². The second-order valence-corrected chi connectivity index (χ2v) is 3.57. The lowest BCUT2D eigenvalue weighted by Gasteiger charge is -1.80. The Balaban J connectivity index is 0.000000424. The maximum Gasteiger partial charge on any atom is 0.373 e. The molecule has 1 heterocycles. The van der Waals surface area contributed by atoms with Crippen molar-refractivity contribution < 1.29 is 9.59 Å². The molecule has 0 saturated heterocycles. The number of thiophene rings is 1. The zero-order chi connectivity index (χ0) is 10.3. The molecule has 0 radical (unpaired) electrons. The van der Waals surface area contributed by atoms with Crippen molar-refractivity contribution in [3.05, 3.63) is 21.4 Å². The molecule has 0 aromatic carbocycles. The van der Waals surface area contributed by atoms with Crippen molar-refractivity contribution in [3.63, 3.8) is 0 Å². The number of rotatable bonds is 1. The summed E-state index contributed by atoms with van der Waals surface area (Å²) in [5.41, 5.74) is 0.835. The van der Waals surface area contributed by atoms with E-state index in [9.17, 15) is 0 Å². The molecule has 13 heavy (non-hydrogen) atoms. The van der Waals surface area contributed by atoms with Gasteiger partial charge in [-0.1, -0.05) is 6.92 Å². The fourth-order valence-corrected chi connectivity index (χ4v) is 1.76. The molecule has 0 aliphatic carbocycles. The molecule has 0 aliphatic heterocycles. The molecule has 68 valence electrons. The van der Waals surface area contributed by atoms with Crippen LogP contribution in [0.15, 0.2) is 6.07 Å². The van der Waals surface area contributed by atoms with Gasteiger partial charge >= 0.3 is 6.15 Å². The summed E-state index contributed by atoms with van der Waals surface area (Å²) in [6.45, 7) is 4.09. The summed E-state index contributed by atoms with van der Waals surface area (Å²) in [4.78, 5) is 18.7. The van der Waals surface area contributed by atoms with E-state index in [0.717, 1.165) is 16.9 Å². The van der Waals surface area contributed by atoms with Crippen LogP contribution < -0.4 is 0 Å². The molecule has 0 aliphatic rings. The van der Waals surface area contributed by atoms with Gasteiger partial charge in [0.15, 0.2) is 0 Å². The van der Waals surface area contributed by atoms with E-state index >= 15 is 0 Å². The number of hydrogen-bond acceptors (Lipinski definition) is 4. The van der Waals surface area contributed by atoms with Crippen LogP contribution in [0.3, 0.4) is 0 Å². The number of nitrogens with zero attached hydrogens (tertiary/aromatic N) is 1. The van der Waals surface area contributed by atoms with Crippen molar-refractivity contribution in [2.45, 2.75) is 20.3 Å². The predicted octanol–water partition coefficient (Wildman–Crippen LogP) is 1.91. The summed E-state index contributed by atoms with van der Waals surface area (Å²) in [6, 6.07) is 4.13. The van der Waals surface area contributed by atoms with E-state index in [1.807, 2.05) is 13.0 Å². The molecule has 3 nitrogen and oxygen atoms in total. The predicted molar refractivity (Wildman–Crippen MR) is 48.2 cm³/mol. The third-order valence-electron chi connectivity index (χ3n) is 1.44. The summed E-state index contributed by atoms with van der Waals surface area (Å²) in [5.74, 6) is 0.